The fraction of sp³-hybridized carbons (Fsp3) is 0.417. The Labute approximate surface area is 132 Å². The maximum atomic E-state index is 12.7. The molecular weight excluding hydrogens is 367 g/mol. The summed E-state index contributed by atoms with van der Waals surface area (Å²) in [5, 5.41) is 10.0. The highest BCUT2D eigenvalue weighted by atomic mass is 79.9. The number of rotatable bonds is 4. The summed E-state index contributed by atoms with van der Waals surface area (Å²) in [6.07, 6.45) is -1.24. The van der Waals surface area contributed by atoms with Crippen LogP contribution in [-0.4, -0.2) is 25.5 Å². The summed E-state index contributed by atoms with van der Waals surface area (Å²) in [6.45, 7) is 1.42. The number of halogens is 4. The fourth-order valence-corrected chi connectivity index (χ4v) is 2.32. The first kappa shape index (κ1) is 16.5. The summed E-state index contributed by atoms with van der Waals surface area (Å²) >= 11 is 2.86. The largest absolute Gasteiger partial charge is 0.436 e. The lowest BCUT2D eigenvalue weighted by atomic mass is 10.3. The molecule has 0 unspecified atom stereocenters. The molecule has 0 spiro atoms. The maximum Gasteiger partial charge on any atom is 0.436 e. The van der Waals surface area contributed by atoms with Crippen molar-refractivity contribution in [2.45, 2.75) is 26.2 Å². The van der Waals surface area contributed by atoms with Crippen LogP contribution in [0.25, 0.3) is 0 Å². The molecule has 0 aliphatic heterocycles. The molecule has 22 heavy (non-hydrogen) atoms. The van der Waals surface area contributed by atoms with Gasteiger partial charge in [0.15, 0.2) is 5.69 Å². The molecule has 6 nitrogen and oxygen atoms in total. The highest BCUT2D eigenvalue weighted by molar-refractivity contribution is 9.10. The molecule has 0 aromatic carbocycles. The van der Waals surface area contributed by atoms with E-state index in [1.807, 2.05) is 0 Å². The molecule has 0 atom stereocenters. The lowest BCUT2D eigenvalue weighted by Gasteiger charge is -2.05. The molecule has 0 aliphatic rings. The van der Waals surface area contributed by atoms with Crippen LogP contribution in [0.3, 0.4) is 0 Å². The van der Waals surface area contributed by atoms with Crippen LogP contribution in [0.15, 0.2) is 16.9 Å². The van der Waals surface area contributed by atoms with Crippen molar-refractivity contribution in [3.05, 3.63) is 33.8 Å². The highest BCUT2D eigenvalue weighted by Crippen LogP contribution is 2.35. The smallest absolute Gasteiger partial charge is 0.350 e. The monoisotopic (exact) mass is 379 g/mol. The normalized spacial score (nSPS) is 11.7. The lowest BCUT2D eigenvalue weighted by Crippen LogP contribution is -2.28. The molecule has 120 valence electrons. The van der Waals surface area contributed by atoms with Gasteiger partial charge in [-0.1, -0.05) is 0 Å². The molecule has 2 rings (SSSR count). The Hall–Kier alpha value is -1.84. The summed E-state index contributed by atoms with van der Waals surface area (Å²) in [5.41, 5.74) is -0.000824. The SMILES string of the molecule is Cc1c(Br)c(C(F)(F)F)nn1CC(=O)NCc1cnn(C)c1. The van der Waals surface area contributed by atoms with E-state index in [1.165, 1.54) is 6.92 Å². The Morgan fingerprint density at radius 2 is 2.14 bits per heavy atom. The van der Waals surface area contributed by atoms with Gasteiger partial charge in [-0.25, -0.2) is 0 Å². The van der Waals surface area contributed by atoms with Gasteiger partial charge in [-0.15, -0.1) is 0 Å². The van der Waals surface area contributed by atoms with Crippen LogP contribution in [0.5, 0.6) is 0 Å². The third kappa shape index (κ3) is 3.67. The van der Waals surface area contributed by atoms with Gasteiger partial charge in [-0.05, 0) is 22.9 Å². The second kappa shape index (κ2) is 6.11. The number of nitrogens with one attached hydrogen (secondary N) is 1. The van der Waals surface area contributed by atoms with Gasteiger partial charge in [0.25, 0.3) is 0 Å². The molecule has 2 aromatic rings. The lowest BCUT2D eigenvalue weighted by molar-refractivity contribution is -0.142. The molecule has 0 bridgehead atoms. The van der Waals surface area contributed by atoms with Crippen molar-refractivity contribution in [3.8, 4) is 0 Å². The maximum absolute atomic E-state index is 12.7. The first-order valence-electron chi connectivity index (χ1n) is 6.23. The minimum Gasteiger partial charge on any atom is -0.350 e. The number of hydrogen-bond acceptors (Lipinski definition) is 3. The van der Waals surface area contributed by atoms with Gasteiger partial charge >= 0.3 is 6.18 Å². The van der Waals surface area contributed by atoms with Crippen molar-refractivity contribution in [3.63, 3.8) is 0 Å². The van der Waals surface area contributed by atoms with Crippen LogP contribution in [0.4, 0.5) is 13.2 Å². The van der Waals surface area contributed by atoms with E-state index >= 15 is 0 Å². The van der Waals surface area contributed by atoms with Crippen molar-refractivity contribution >= 4 is 21.8 Å². The Kier molecular flexibility index (Phi) is 4.59. The molecular formula is C12H13BrF3N5O. The van der Waals surface area contributed by atoms with E-state index in [1.54, 1.807) is 24.1 Å². The summed E-state index contributed by atoms with van der Waals surface area (Å²) in [6, 6.07) is 0. The topological polar surface area (TPSA) is 64.7 Å². The van der Waals surface area contributed by atoms with Crippen LogP contribution in [0, 0.1) is 6.92 Å². The summed E-state index contributed by atoms with van der Waals surface area (Å²) in [5.74, 6) is -0.435. The summed E-state index contributed by atoms with van der Waals surface area (Å²) in [4.78, 5) is 11.8. The van der Waals surface area contributed by atoms with Crippen LogP contribution < -0.4 is 5.32 Å². The first-order chi connectivity index (χ1) is 10.2. The Morgan fingerprint density at radius 3 is 2.64 bits per heavy atom. The van der Waals surface area contributed by atoms with Crippen molar-refractivity contribution in [2.24, 2.45) is 7.05 Å². The molecule has 1 amide bonds. The van der Waals surface area contributed by atoms with Gasteiger partial charge in [-0.3, -0.25) is 14.2 Å². The Morgan fingerprint density at radius 1 is 1.45 bits per heavy atom. The molecule has 0 saturated heterocycles. The molecule has 0 aliphatic carbocycles. The van der Waals surface area contributed by atoms with Crippen molar-refractivity contribution < 1.29 is 18.0 Å². The van der Waals surface area contributed by atoms with Gasteiger partial charge in [-0.2, -0.15) is 23.4 Å². The van der Waals surface area contributed by atoms with E-state index in [0.29, 0.717) is 0 Å². The molecule has 2 heterocycles. The van der Waals surface area contributed by atoms with Gasteiger partial charge in [0, 0.05) is 25.4 Å². The third-order valence-corrected chi connectivity index (χ3v) is 3.89. The number of aromatic nitrogens is 4. The van der Waals surface area contributed by atoms with E-state index in [9.17, 15) is 18.0 Å². The number of carbonyl (C=O) groups is 1. The quantitative estimate of drug-likeness (QED) is 0.883. The van der Waals surface area contributed by atoms with E-state index in [2.05, 4.69) is 31.4 Å². The van der Waals surface area contributed by atoms with Crippen molar-refractivity contribution in [2.75, 3.05) is 0 Å². The number of hydrogen-bond donors (Lipinski definition) is 1. The number of amides is 1. The highest BCUT2D eigenvalue weighted by Gasteiger charge is 2.38. The third-order valence-electron chi connectivity index (χ3n) is 2.94. The molecule has 0 fully saturated rings. The molecule has 10 heteroatoms. The predicted molar refractivity (Wildman–Crippen MR) is 74.7 cm³/mol. The average Bonchev–Trinajstić information content (AvgIpc) is 2.94. The minimum absolute atomic E-state index is 0.153. The van der Waals surface area contributed by atoms with Crippen LogP contribution in [0.1, 0.15) is 17.0 Å². The summed E-state index contributed by atoms with van der Waals surface area (Å²) in [7, 11) is 1.74. The zero-order valence-corrected chi connectivity index (χ0v) is 13.4. The number of alkyl halides is 3. The minimum atomic E-state index is -4.57. The number of aryl methyl sites for hydroxylation is 1. The number of carbonyl (C=O) groups excluding carboxylic acids is 1. The van der Waals surface area contributed by atoms with Gasteiger partial charge in [0.1, 0.15) is 6.54 Å². The standard InChI is InChI=1S/C12H13BrF3N5O/c1-7-10(13)11(12(14,15)16)19-21(7)6-9(22)17-3-8-4-18-20(2)5-8/h4-5H,3,6H2,1-2H3,(H,17,22). The molecule has 0 radical (unpaired) electrons. The first-order valence-corrected chi connectivity index (χ1v) is 7.02. The second-order valence-corrected chi connectivity index (χ2v) is 5.50. The fourth-order valence-electron chi connectivity index (χ4n) is 1.82. The predicted octanol–water partition coefficient (Wildman–Crippen LogP) is 2.02. The molecule has 2 aromatic heterocycles. The van der Waals surface area contributed by atoms with Gasteiger partial charge in [0.05, 0.1) is 16.4 Å². The van der Waals surface area contributed by atoms with Crippen molar-refractivity contribution in [1.29, 1.82) is 0 Å². The zero-order valence-electron chi connectivity index (χ0n) is 11.8. The van der Waals surface area contributed by atoms with E-state index in [-0.39, 0.29) is 23.3 Å². The van der Waals surface area contributed by atoms with E-state index in [0.717, 1.165) is 10.2 Å². The zero-order chi connectivity index (χ0) is 16.5. The Balaban J connectivity index is 2.03. The van der Waals surface area contributed by atoms with E-state index in [4.69, 9.17) is 0 Å². The molecule has 0 saturated carbocycles. The Bertz CT molecular complexity index is 691. The average molecular weight is 380 g/mol. The van der Waals surface area contributed by atoms with Gasteiger partial charge < -0.3 is 5.32 Å². The van der Waals surface area contributed by atoms with Crippen molar-refractivity contribution in [1.82, 2.24) is 24.9 Å². The number of nitrogens with zero attached hydrogens (tertiary/aromatic N) is 4. The van der Waals surface area contributed by atoms with Crippen LogP contribution in [0.2, 0.25) is 0 Å². The van der Waals surface area contributed by atoms with Crippen LogP contribution >= 0.6 is 15.9 Å². The molecule has 1 N–H and O–H groups in total. The van der Waals surface area contributed by atoms with Gasteiger partial charge in [0.2, 0.25) is 5.91 Å². The van der Waals surface area contributed by atoms with E-state index < -0.39 is 17.8 Å². The van der Waals surface area contributed by atoms with Crippen LogP contribution in [-0.2, 0) is 31.1 Å². The second-order valence-electron chi connectivity index (χ2n) is 4.70. The summed E-state index contributed by atoms with van der Waals surface area (Å²) < 4.78 is 40.7.